The fourth-order valence-corrected chi connectivity index (χ4v) is 6.17. The summed E-state index contributed by atoms with van der Waals surface area (Å²) in [5.41, 5.74) is 11.0. The summed E-state index contributed by atoms with van der Waals surface area (Å²) in [5, 5.41) is 9.49. The van der Waals surface area contributed by atoms with E-state index in [-0.39, 0.29) is 18.9 Å². The maximum absolute atomic E-state index is 13.6. The number of ether oxygens (including phenoxy) is 2. The number of benzene rings is 1. The number of carbonyl (C=O) groups excluding carboxylic acids is 3. The molecule has 1 N–H and O–H groups in total. The minimum Gasteiger partial charge on any atom is -0.379 e. The number of amides is 2. The Labute approximate surface area is 235 Å². The second-order valence-electron chi connectivity index (χ2n) is 10.2. The third-order valence-electron chi connectivity index (χ3n) is 7.74. The van der Waals surface area contributed by atoms with Crippen LogP contribution in [0.5, 0.6) is 0 Å². The smallest absolute Gasteiger partial charge is 0.252 e. The molecule has 0 radical (unpaired) electrons. The number of Topliss-reactive ketones (excluding diaryl/α,β-unsaturated/α-hetero) is 1. The number of fused-ring (bicyclic) bond motifs is 1. The van der Waals surface area contributed by atoms with E-state index in [1.807, 2.05) is 17.5 Å². The first-order chi connectivity index (χ1) is 19.3. The molecule has 3 aliphatic rings. The number of rotatable bonds is 8. The summed E-state index contributed by atoms with van der Waals surface area (Å²) in [6.45, 7) is 5.41. The van der Waals surface area contributed by atoms with E-state index in [0.717, 1.165) is 42.6 Å². The van der Waals surface area contributed by atoms with Gasteiger partial charge in [-0.3, -0.25) is 14.4 Å². The molecule has 2 aromatic rings. The summed E-state index contributed by atoms with van der Waals surface area (Å²) < 4.78 is 10.9. The van der Waals surface area contributed by atoms with Gasteiger partial charge in [-0.25, -0.2) is 4.98 Å². The van der Waals surface area contributed by atoms with E-state index >= 15 is 0 Å². The van der Waals surface area contributed by atoms with Crippen molar-refractivity contribution < 1.29 is 23.9 Å². The van der Waals surface area contributed by atoms with E-state index in [9.17, 15) is 14.4 Å². The maximum atomic E-state index is 13.6. The highest BCUT2D eigenvalue weighted by molar-refractivity contribution is 7.14. The van der Waals surface area contributed by atoms with Crippen LogP contribution >= 0.6 is 11.3 Å². The zero-order valence-electron chi connectivity index (χ0n) is 22.6. The lowest BCUT2D eigenvalue weighted by Gasteiger charge is -2.32. The molecule has 5 rings (SSSR count). The molecule has 1 aromatic carbocycles. The average molecular weight is 569 g/mol. The lowest BCUT2D eigenvalue weighted by molar-refractivity contribution is -0.140. The van der Waals surface area contributed by atoms with Crippen LogP contribution in [0.3, 0.4) is 0 Å². The van der Waals surface area contributed by atoms with Crippen molar-refractivity contribution in [3.63, 3.8) is 0 Å². The minimum atomic E-state index is -1.07. The molecule has 5 atom stereocenters. The Morgan fingerprint density at radius 1 is 1.25 bits per heavy atom. The van der Waals surface area contributed by atoms with Crippen LogP contribution in [-0.2, 0) is 19.1 Å². The molecule has 14 heteroatoms. The number of nitrogens with zero attached hydrogens (tertiary/aromatic N) is 7. The second-order valence-corrected chi connectivity index (χ2v) is 11.1. The van der Waals surface area contributed by atoms with Crippen molar-refractivity contribution in [2.24, 2.45) is 5.11 Å². The molecule has 0 bridgehead atoms. The molecule has 3 fully saturated rings. The summed E-state index contributed by atoms with van der Waals surface area (Å²) in [6, 6.07) is 4.43. The van der Waals surface area contributed by atoms with Gasteiger partial charge in [0, 0.05) is 61.3 Å². The van der Waals surface area contributed by atoms with Crippen LogP contribution in [-0.4, -0.2) is 116 Å². The predicted octanol–water partition coefficient (Wildman–Crippen LogP) is 1.55. The first-order valence-electron chi connectivity index (χ1n) is 13.1. The highest BCUT2D eigenvalue weighted by atomic mass is 32.1. The van der Waals surface area contributed by atoms with Crippen molar-refractivity contribution in [3.05, 3.63) is 45.7 Å². The summed E-state index contributed by atoms with van der Waals surface area (Å²) in [7, 11) is 3.56. The van der Waals surface area contributed by atoms with Crippen molar-refractivity contribution in [1.29, 1.82) is 0 Å². The topological polar surface area (TPSA) is 153 Å². The zero-order valence-corrected chi connectivity index (χ0v) is 23.4. The number of aromatic nitrogens is 1. The van der Waals surface area contributed by atoms with E-state index in [4.69, 9.17) is 20.0 Å². The van der Waals surface area contributed by atoms with Gasteiger partial charge in [0.05, 0.1) is 23.9 Å². The quantitative estimate of drug-likeness (QED) is 0.286. The first kappa shape index (κ1) is 28.0. The molecule has 4 heterocycles. The molecule has 1 aromatic heterocycles. The van der Waals surface area contributed by atoms with Crippen molar-refractivity contribution in [3.8, 4) is 11.3 Å². The Hall–Kier alpha value is -3.55. The fraction of sp³-hybridized carbons (Fsp3) is 0.538. The molecular formula is C26H32N8O5S. The highest BCUT2D eigenvalue weighted by Gasteiger charge is 2.53. The van der Waals surface area contributed by atoms with Crippen LogP contribution < -0.4 is 10.2 Å². The van der Waals surface area contributed by atoms with Gasteiger partial charge < -0.3 is 29.5 Å². The molecule has 3 aliphatic heterocycles. The van der Waals surface area contributed by atoms with Crippen LogP contribution in [0.4, 0.5) is 5.13 Å². The van der Waals surface area contributed by atoms with Gasteiger partial charge in [-0.05, 0) is 31.6 Å². The number of methoxy groups -OCH3 is 1. The van der Waals surface area contributed by atoms with Gasteiger partial charge in [-0.15, -0.1) is 11.3 Å². The Morgan fingerprint density at radius 2 is 1.98 bits per heavy atom. The van der Waals surface area contributed by atoms with Crippen LogP contribution in [0.2, 0.25) is 0 Å². The first-order valence-corrected chi connectivity index (χ1v) is 14.0. The molecule has 0 saturated carbocycles. The molecule has 0 spiro atoms. The van der Waals surface area contributed by atoms with Gasteiger partial charge in [0.15, 0.2) is 10.9 Å². The number of azide groups is 1. The number of anilines is 1. The maximum Gasteiger partial charge on any atom is 0.252 e. The summed E-state index contributed by atoms with van der Waals surface area (Å²) in [4.78, 5) is 52.9. The number of nitrogens with one attached hydrogen (secondary N) is 1. The van der Waals surface area contributed by atoms with Crippen molar-refractivity contribution in [2.75, 3.05) is 58.4 Å². The Kier molecular flexibility index (Phi) is 8.33. The van der Waals surface area contributed by atoms with Crippen molar-refractivity contribution >= 4 is 34.1 Å². The zero-order chi connectivity index (χ0) is 28.4. The number of hydrogen-bond donors (Lipinski definition) is 1. The monoisotopic (exact) mass is 568 g/mol. The van der Waals surface area contributed by atoms with E-state index in [2.05, 4.69) is 32.2 Å². The fourth-order valence-electron chi connectivity index (χ4n) is 5.28. The van der Waals surface area contributed by atoms with Gasteiger partial charge in [0.25, 0.3) is 5.91 Å². The minimum absolute atomic E-state index is 0.0191. The largest absolute Gasteiger partial charge is 0.379 e. The molecular weight excluding hydrogens is 536 g/mol. The van der Waals surface area contributed by atoms with E-state index in [0.29, 0.717) is 5.56 Å². The standard InChI is InChI=1S/C26H32N8O5S/c1-15(38-3)21(25(37)34-12-18(30-31-27)23-22(34)20(35)13-39-23)29-24(36)17-6-4-16(5-7-17)19-14-40-26(28-19)33-10-8-32(2)9-11-33/h4-7,14-15,18,21-23H,8-13H2,1-3H3,(H,29,36). The summed E-state index contributed by atoms with van der Waals surface area (Å²) in [6.07, 6.45) is -1.38. The van der Waals surface area contributed by atoms with Crippen molar-refractivity contribution in [1.82, 2.24) is 20.1 Å². The van der Waals surface area contributed by atoms with Crippen LogP contribution in [0.1, 0.15) is 17.3 Å². The third-order valence-corrected chi connectivity index (χ3v) is 8.64. The number of ketones is 1. The molecule has 40 heavy (non-hydrogen) atoms. The number of piperazine rings is 1. The molecule has 212 valence electrons. The molecule has 0 aliphatic carbocycles. The number of hydrogen-bond acceptors (Lipinski definition) is 10. The van der Waals surface area contributed by atoms with Crippen LogP contribution in [0.15, 0.2) is 34.8 Å². The predicted molar refractivity (Wildman–Crippen MR) is 148 cm³/mol. The number of thiazole rings is 1. The molecule has 5 unspecified atom stereocenters. The lowest BCUT2D eigenvalue weighted by Crippen LogP contribution is -2.56. The number of likely N-dealkylation sites (N-methyl/N-ethyl adjacent to an activating group) is 1. The Balaban J connectivity index is 1.28. The summed E-state index contributed by atoms with van der Waals surface area (Å²) in [5.74, 6) is -1.22. The molecule has 13 nitrogen and oxygen atoms in total. The summed E-state index contributed by atoms with van der Waals surface area (Å²) >= 11 is 1.60. The van der Waals surface area contributed by atoms with Gasteiger partial charge in [-0.2, -0.15) is 0 Å². The van der Waals surface area contributed by atoms with E-state index < -0.39 is 42.1 Å². The Bertz CT molecular complexity index is 1300. The second kappa shape index (κ2) is 11.9. The Morgan fingerprint density at radius 3 is 2.65 bits per heavy atom. The molecule has 2 amide bonds. The van der Waals surface area contributed by atoms with Gasteiger partial charge in [0.1, 0.15) is 18.7 Å². The SMILES string of the molecule is COC(C)C(NC(=O)c1ccc(-c2csc(N3CCN(C)CC3)n2)cc1)C(=O)N1CC(N=[N+]=[N-])C2OCC(=O)C21. The van der Waals surface area contributed by atoms with Gasteiger partial charge in [0.2, 0.25) is 5.91 Å². The molecule has 3 saturated heterocycles. The van der Waals surface area contributed by atoms with Gasteiger partial charge >= 0.3 is 0 Å². The average Bonchev–Trinajstić information content (AvgIpc) is 3.69. The lowest BCUT2D eigenvalue weighted by atomic mass is 10.1. The van der Waals surface area contributed by atoms with Crippen LogP contribution in [0.25, 0.3) is 21.7 Å². The highest BCUT2D eigenvalue weighted by Crippen LogP contribution is 2.31. The van der Waals surface area contributed by atoms with Crippen LogP contribution in [0, 0.1) is 0 Å². The third kappa shape index (κ3) is 5.54. The number of likely N-dealkylation sites (tertiary alicyclic amines) is 1. The normalized spacial score (nSPS) is 24.4. The van der Waals surface area contributed by atoms with Crippen molar-refractivity contribution in [2.45, 2.75) is 37.3 Å². The van der Waals surface area contributed by atoms with E-state index in [1.54, 1.807) is 30.4 Å². The number of carbonyl (C=O) groups is 3. The van der Waals surface area contributed by atoms with Gasteiger partial charge in [-0.1, -0.05) is 17.2 Å². The van der Waals surface area contributed by atoms with E-state index in [1.165, 1.54) is 12.0 Å².